The van der Waals surface area contributed by atoms with Gasteiger partial charge in [0.1, 0.15) is 6.61 Å². The van der Waals surface area contributed by atoms with Crippen molar-refractivity contribution >= 4 is 11.7 Å². The average molecular weight is 302 g/mol. The summed E-state index contributed by atoms with van der Waals surface area (Å²) in [7, 11) is 0. The number of carbonyl (C=O) groups excluding carboxylic acids is 1. The smallest absolute Gasteiger partial charge is 0.313 e. The minimum atomic E-state index is -0.239. The minimum absolute atomic E-state index is 0.156. The average Bonchev–Trinajstić information content (AvgIpc) is 3.03. The van der Waals surface area contributed by atoms with E-state index in [4.69, 9.17) is 4.74 Å². The van der Waals surface area contributed by atoms with E-state index in [0.717, 1.165) is 42.8 Å². The SMILES string of the molecule is C=C(C)CNc1ccc(C(C)C(=O)OCC2CCCN2)cc1. The van der Waals surface area contributed by atoms with Crippen LogP contribution < -0.4 is 10.6 Å². The predicted octanol–water partition coefficient (Wildman–Crippen LogP) is 3.07. The van der Waals surface area contributed by atoms with Crippen LogP contribution in [0.25, 0.3) is 0 Å². The van der Waals surface area contributed by atoms with E-state index in [9.17, 15) is 4.79 Å². The molecule has 4 nitrogen and oxygen atoms in total. The summed E-state index contributed by atoms with van der Waals surface area (Å²) in [6, 6.07) is 8.24. The number of carbonyl (C=O) groups is 1. The third kappa shape index (κ3) is 4.88. The molecule has 22 heavy (non-hydrogen) atoms. The van der Waals surface area contributed by atoms with Crippen molar-refractivity contribution in [1.82, 2.24) is 5.32 Å². The molecule has 0 aliphatic carbocycles. The van der Waals surface area contributed by atoms with Crippen LogP contribution in [0.2, 0.25) is 0 Å². The van der Waals surface area contributed by atoms with Gasteiger partial charge in [-0.25, -0.2) is 0 Å². The molecule has 120 valence electrons. The van der Waals surface area contributed by atoms with Gasteiger partial charge in [0.15, 0.2) is 0 Å². The number of anilines is 1. The maximum atomic E-state index is 12.1. The zero-order valence-corrected chi connectivity index (χ0v) is 13.5. The van der Waals surface area contributed by atoms with Gasteiger partial charge < -0.3 is 15.4 Å². The summed E-state index contributed by atoms with van der Waals surface area (Å²) < 4.78 is 5.42. The lowest BCUT2D eigenvalue weighted by molar-refractivity contribution is -0.145. The van der Waals surface area contributed by atoms with E-state index >= 15 is 0 Å². The van der Waals surface area contributed by atoms with Crippen molar-refractivity contribution in [3.63, 3.8) is 0 Å². The van der Waals surface area contributed by atoms with Crippen LogP contribution in [0.15, 0.2) is 36.4 Å². The summed E-state index contributed by atoms with van der Waals surface area (Å²) in [6.07, 6.45) is 2.25. The van der Waals surface area contributed by atoms with Gasteiger partial charge in [0.05, 0.1) is 5.92 Å². The van der Waals surface area contributed by atoms with Crippen LogP contribution in [-0.4, -0.2) is 31.7 Å². The fourth-order valence-corrected chi connectivity index (χ4v) is 2.49. The summed E-state index contributed by atoms with van der Waals surface area (Å²) in [5, 5.41) is 6.61. The largest absolute Gasteiger partial charge is 0.464 e. The first-order chi connectivity index (χ1) is 10.6. The number of benzene rings is 1. The molecule has 2 N–H and O–H groups in total. The lowest BCUT2D eigenvalue weighted by Crippen LogP contribution is -2.29. The molecule has 1 aliphatic heterocycles. The number of ether oxygens (including phenoxy) is 1. The molecule has 1 heterocycles. The first kappa shape index (κ1) is 16.6. The Morgan fingerprint density at radius 3 is 2.77 bits per heavy atom. The van der Waals surface area contributed by atoms with Gasteiger partial charge >= 0.3 is 5.97 Å². The highest BCUT2D eigenvalue weighted by Crippen LogP contribution is 2.20. The molecule has 2 atom stereocenters. The molecule has 0 bridgehead atoms. The molecule has 1 aliphatic rings. The van der Waals surface area contributed by atoms with Crippen LogP contribution in [0.5, 0.6) is 0 Å². The first-order valence-corrected chi connectivity index (χ1v) is 7.94. The van der Waals surface area contributed by atoms with Crippen LogP contribution in [0, 0.1) is 0 Å². The molecule has 1 saturated heterocycles. The van der Waals surface area contributed by atoms with E-state index in [1.165, 1.54) is 0 Å². The molecule has 2 rings (SSSR count). The van der Waals surface area contributed by atoms with E-state index in [1.807, 2.05) is 38.1 Å². The van der Waals surface area contributed by atoms with Crippen LogP contribution in [0.1, 0.15) is 38.2 Å². The van der Waals surface area contributed by atoms with Gasteiger partial charge in [0.2, 0.25) is 0 Å². The number of rotatable bonds is 7. The molecule has 4 heteroatoms. The van der Waals surface area contributed by atoms with Gasteiger partial charge in [-0.05, 0) is 50.9 Å². The van der Waals surface area contributed by atoms with Crippen molar-refractivity contribution in [3.8, 4) is 0 Å². The molecule has 0 radical (unpaired) electrons. The van der Waals surface area contributed by atoms with Gasteiger partial charge in [0, 0.05) is 18.3 Å². The molecule has 0 amide bonds. The molecule has 1 aromatic carbocycles. The first-order valence-electron chi connectivity index (χ1n) is 7.94. The third-order valence-corrected chi connectivity index (χ3v) is 3.95. The monoisotopic (exact) mass is 302 g/mol. The lowest BCUT2D eigenvalue weighted by Gasteiger charge is -2.15. The Labute approximate surface area is 132 Å². The standard InChI is InChI=1S/C18H26N2O2/c1-13(2)11-20-16-8-6-15(7-9-16)14(3)18(21)22-12-17-5-4-10-19-17/h6-9,14,17,19-20H,1,4-5,10-12H2,2-3H3. The van der Waals surface area contributed by atoms with Crippen molar-refractivity contribution in [2.75, 3.05) is 25.0 Å². The molecule has 2 unspecified atom stereocenters. The van der Waals surface area contributed by atoms with Crippen molar-refractivity contribution in [2.45, 2.75) is 38.6 Å². The van der Waals surface area contributed by atoms with Crippen molar-refractivity contribution in [2.24, 2.45) is 0 Å². The second-order valence-corrected chi connectivity index (χ2v) is 6.08. The third-order valence-electron chi connectivity index (χ3n) is 3.95. The van der Waals surface area contributed by atoms with Crippen LogP contribution in [-0.2, 0) is 9.53 Å². The molecule has 0 spiro atoms. The number of nitrogens with one attached hydrogen (secondary N) is 2. The second kappa shape index (κ2) is 7.99. The van der Waals surface area contributed by atoms with Gasteiger partial charge in [-0.2, -0.15) is 0 Å². The predicted molar refractivity (Wildman–Crippen MR) is 90.1 cm³/mol. The van der Waals surface area contributed by atoms with Gasteiger partial charge in [-0.15, -0.1) is 0 Å². The number of hydrogen-bond acceptors (Lipinski definition) is 4. The summed E-state index contributed by atoms with van der Waals surface area (Å²) in [6.45, 7) is 9.99. The maximum absolute atomic E-state index is 12.1. The van der Waals surface area contributed by atoms with Gasteiger partial charge in [-0.3, -0.25) is 4.79 Å². The Balaban J connectivity index is 1.83. The zero-order chi connectivity index (χ0) is 15.9. The molecular formula is C18H26N2O2. The summed E-state index contributed by atoms with van der Waals surface area (Å²) in [4.78, 5) is 12.1. The second-order valence-electron chi connectivity index (χ2n) is 6.08. The van der Waals surface area contributed by atoms with Gasteiger partial charge in [-0.1, -0.05) is 24.3 Å². The topological polar surface area (TPSA) is 50.4 Å². The lowest BCUT2D eigenvalue weighted by atomic mass is 10.0. The Kier molecular flexibility index (Phi) is 6.01. The Morgan fingerprint density at radius 2 is 2.18 bits per heavy atom. The van der Waals surface area contributed by atoms with Crippen molar-refractivity contribution in [3.05, 3.63) is 42.0 Å². The maximum Gasteiger partial charge on any atom is 0.313 e. The summed E-state index contributed by atoms with van der Waals surface area (Å²) in [5.74, 6) is -0.395. The van der Waals surface area contributed by atoms with E-state index in [0.29, 0.717) is 12.6 Å². The fraction of sp³-hybridized carbons (Fsp3) is 0.500. The van der Waals surface area contributed by atoms with E-state index < -0.39 is 0 Å². The highest BCUT2D eigenvalue weighted by Gasteiger charge is 2.20. The summed E-state index contributed by atoms with van der Waals surface area (Å²) in [5.41, 5.74) is 3.09. The van der Waals surface area contributed by atoms with Crippen LogP contribution in [0.3, 0.4) is 0 Å². The Bertz CT molecular complexity index is 504. The van der Waals surface area contributed by atoms with E-state index in [-0.39, 0.29) is 11.9 Å². The number of esters is 1. The minimum Gasteiger partial charge on any atom is -0.464 e. The number of hydrogen-bond donors (Lipinski definition) is 2. The van der Waals surface area contributed by atoms with E-state index in [2.05, 4.69) is 17.2 Å². The highest BCUT2D eigenvalue weighted by molar-refractivity contribution is 5.77. The van der Waals surface area contributed by atoms with E-state index in [1.54, 1.807) is 0 Å². The van der Waals surface area contributed by atoms with Crippen molar-refractivity contribution in [1.29, 1.82) is 0 Å². The highest BCUT2D eigenvalue weighted by atomic mass is 16.5. The van der Waals surface area contributed by atoms with Crippen LogP contribution in [0.4, 0.5) is 5.69 Å². The zero-order valence-electron chi connectivity index (χ0n) is 13.5. The molecule has 1 fully saturated rings. The van der Waals surface area contributed by atoms with Crippen molar-refractivity contribution < 1.29 is 9.53 Å². The molecule has 0 saturated carbocycles. The molecular weight excluding hydrogens is 276 g/mol. The Morgan fingerprint density at radius 1 is 1.45 bits per heavy atom. The fourth-order valence-electron chi connectivity index (χ4n) is 2.49. The molecule has 0 aromatic heterocycles. The summed E-state index contributed by atoms with van der Waals surface area (Å²) >= 11 is 0. The molecule has 1 aromatic rings. The normalized spacial score (nSPS) is 18.7. The quantitative estimate of drug-likeness (QED) is 0.600. The Hall–Kier alpha value is -1.81. The van der Waals surface area contributed by atoms with Crippen LogP contribution >= 0.6 is 0 Å². The van der Waals surface area contributed by atoms with Gasteiger partial charge in [0.25, 0.3) is 0 Å².